The number of nitrogens with one attached hydrogen (secondary N) is 2. The number of rotatable bonds is 11. The third kappa shape index (κ3) is 6.53. The minimum atomic E-state index is -1.12. The average molecular weight is 456 g/mol. The summed E-state index contributed by atoms with van der Waals surface area (Å²) in [6.45, 7) is 0.326. The maximum absolute atomic E-state index is 12.1. The molecule has 0 heterocycles. The molecule has 0 unspecified atom stereocenters. The number of fused-ring (bicyclic) bond motifs is 3. The fourth-order valence-electron chi connectivity index (χ4n) is 3.83. The number of likely N-dealkylation sites (N-methyl/N-ethyl adjacent to an activating group) is 1. The molecule has 3 rings (SSSR count). The first-order valence-corrected chi connectivity index (χ1v) is 10.7. The number of carboxylic acids is 1. The maximum Gasteiger partial charge on any atom is 0.407 e. The molecule has 1 aliphatic rings. The highest BCUT2D eigenvalue weighted by atomic mass is 16.5. The predicted molar refractivity (Wildman–Crippen MR) is 122 cm³/mol. The fraction of sp³-hybridized carbons (Fsp3) is 0.375. The Morgan fingerprint density at radius 2 is 1.64 bits per heavy atom. The van der Waals surface area contributed by atoms with Gasteiger partial charge in [0.1, 0.15) is 19.3 Å². The maximum atomic E-state index is 12.1. The molecule has 0 bridgehead atoms. The van der Waals surface area contributed by atoms with Gasteiger partial charge in [-0.1, -0.05) is 48.5 Å². The van der Waals surface area contributed by atoms with Crippen molar-refractivity contribution < 1.29 is 29.0 Å². The van der Waals surface area contributed by atoms with Gasteiger partial charge in [-0.15, -0.1) is 0 Å². The quantitative estimate of drug-likeness (QED) is 0.441. The van der Waals surface area contributed by atoms with Crippen LogP contribution in [0.1, 0.15) is 17.0 Å². The van der Waals surface area contributed by atoms with E-state index < -0.39 is 24.0 Å². The minimum Gasteiger partial charge on any atom is -0.480 e. The average Bonchev–Trinajstić information content (AvgIpc) is 3.10. The van der Waals surface area contributed by atoms with E-state index in [1.165, 1.54) is 0 Å². The van der Waals surface area contributed by atoms with Crippen molar-refractivity contribution in [2.75, 3.05) is 47.0 Å². The first kappa shape index (κ1) is 24.2. The van der Waals surface area contributed by atoms with Crippen LogP contribution >= 0.6 is 0 Å². The smallest absolute Gasteiger partial charge is 0.407 e. The molecule has 0 aliphatic heterocycles. The highest BCUT2D eigenvalue weighted by molar-refractivity contribution is 5.84. The number of alkyl carbamates (subject to hydrolysis) is 1. The van der Waals surface area contributed by atoms with Crippen LogP contribution < -0.4 is 10.6 Å². The molecule has 33 heavy (non-hydrogen) atoms. The highest BCUT2D eigenvalue weighted by Crippen LogP contribution is 2.44. The third-order valence-corrected chi connectivity index (χ3v) is 5.27. The van der Waals surface area contributed by atoms with Gasteiger partial charge >= 0.3 is 12.1 Å². The predicted octanol–water partition coefficient (Wildman–Crippen LogP) is 1.67. The second-order valence-corrected chi connectivity index (χ2v) is 8.03. The Balaban J connectivity index is 1.37. The summed E-state index contributed by atoms with van der Waals surface area (Å²) in [5, 5.41) is 14.1. The van der Waals surface area contributed by atoms with Crippen molar-refractivity contribution in [3.8, 4) is 11.1 Å². The molecule has 0 saturated heterocycles. The van der Waals surface area contributed by atoms with Gasteiger partial charge in [0.05, 0.1) is 6.61 Å². The molecule has 1 atom stereocenters. The Labute approximate surface area is 192 Å². The van der Waals surface area contributed by atoms with Crippen LogP contribution in [0.15, 0.2) is 48.5 Å². The van der Waals surface area contributed by atoms with Gasteiger partial charge in [-0.3, -0.25) is 4.79 Å². The Morgan fingerprint density at radius 3 is 2.21 bits per heavy atom. The number of aliphatic carboxylic acids is 1. The first-order valence-electron chi connectivity index (χ1n) is 10.7. The largest absolute Gasteiger partial charge is 0.480 e. The molecule has 9 heteroatoms. The lowest BCUT2D eigenvalue weighted by atomic mass is 9.98. The van der Waals surface area contributed by atoms with E-state index in [4.69, 9.17) is 14.6 Å². The molecule has 0 aromatic heterocycles. The van der Waals surface area contributed by atoms with Crippen molar-refractivity contribution in [3.63, 3.8) is 0 Å². The summed E-state index contributed by atoms with van der Waals surface area (Å²) in [6, 6.07) is 15.2. The summed E-state index contributed by atoms with van der Waals surface area (Å²) in [6.07, 6.45) is -0.568. The van der Waals surface area contributed by atoms with Gasteiger partial charge in [0.25, 0.3) is 0 Å². The molecular weight excluding hydrogens is 426 g/mol. The van der Waals surface area contributed by atoms with E-state index in [1.54, 1.807) is 19.0 Å². The molecule has 2 aromatic carbocycles. The zero-order valence-electron chi connectivity index (χ0n) is 18.7. The van der Waals surface area contributed by atoms with Crippen molar-refractivity contribution in [2.24, 2.45) is 0 Å². The van der Waals surface area contributed by atoms with Gasteiger partial charge < -0.3 is 30.1 Å². The van der Waals surface area contributed by atoms with Gasteiger partial charge in [-0.25, -0.2) is 9.59 Å². The molecular formula is C24H29N3O6. The molecule has 2 amide bonds. The number of nitrogens with zero attached hydrogens (tertiary/aromatic N) is 1. The fourth-order valence-corrected chi connectivity index (χ4v) is 3.83. The summed E-state index contributed by atoms with van der Waals surface area (Å²) in [7, 11) is 3.43. The van der Waals surface area contributed by atoms with Crippen LogP contribution in [-0.4, -0.2) is 81.0 Å². The van der Waals surface area contributed by atoms with E-state index >= 15 is 0 Å². The first-order chi connectivity index (χ1) is 15.9. The van der Waals surface area contributed by atoms with Crippen LogP contribution in [0.25, 0.3) is 11.1 Å². The Hall–Kier alpha value is -3.43. The molecule has 0 spiro atoms. The second-order valence-electron chi connectivity index (χ2n) is 8.03. The van der Waals surface area contributed by atoms with Crippen molar-refractivity contribution in [1.29, 1.82) is 0 Å². The molecule has 9 nitrogen and oxygen atoms in total. The zero-order chi connectivity index (χ0) is 23.8. The van der Waals surface area contributed by atoms with Crippen LogP contribution in [0.2, 0.25) is 0 Å². The van der Waals surface area contributed by atoms with Crippen LogP contribution in [0.4, 0.5) is 4.79 Å². The lowest BCUT2D eigenvalue weighted by molar-refractivity contribution is -0.143. The van der Waals surface area contributed by atoms with Crippen molar-refractivity contribution >= 4 is 18.0 Å². The topological polar surface area (TPSA) is 117 Å². The summed E-state index contributed by atoms with van der Waals surface area (Å²) < 4.78 is 10.6. The second kappa shape index (κ2) is 11.4. The Bertz CT molecular complexity index is 948. The van der Waals surface area contributed by atoms with E-state index in [2.05, 4.69) is 22.8 Å². The molecule has 0 radical (unpaired) electrons. The summed E-state index contributed by atoms with van der Waals surface area (Å²) in [4.78, 5) is 36.8. The minimum absolute atomic E-state index is 0.0209. The van der Waals surface area contributed by atoms with Gasteiger partial charge in [0, 0.05) is 19.0 Å². The van der Waals surface area contributed by atoms with Crippen LogP contribution in [0.3, 0.4) is 0 Å². The number of ether oxygens (including phenoxy) is 2. The van der Waals surface area contributed by atoms with Crippen LogP contribution in [0.5, 0.6) is 0 Å². The summed E-state index contributed by atoms with van der Waals surface area (Å²) in [5.41, 5.74) is 4.58. The number of carboxylic acid groups (broad SMARTS) is 1. The number of amides is 2. The van der Waals surface area contributed by atoms with E-state index in [1.807, 2.05) is 36.4 Å². The van der Waals surface area contributed by atoms with Gasteiger partial charge in [-0.2, -0.15) is 0 Å². The normalized spacial score (nSPS) is 13.2. The van der Waals surface area contributed by atoms with Gasteiger partial charge in [-0.05, 0) is 36.3 Å². The van der Waals surface area contributed by atoms with Crippen molar-refractivity contribution in [3.05, 3.63) is 59.7 Å². The third-order valence-electron chi connectivity index (χ3n) is 5.27. The number of hydrogen-bond acceptors (Lipinski definition) is 6. The van der Waals surface area contributed by atoms with E-state index in [0.717, 1.165) is 22.3 Å². The molecule has 2 aromatic rings. The lowest BCUT2D eigenvalue weighted by Crippen LogP contribution is -2.48. The highest BCUT2D eigenvalue weighted by Gasteiger charge is 2.29. The number of carbonyl (C=O) groups is 3. The van der Waals surface area contributed by atoms with Crippen LogP contribution in [-0.2, 0) is 19.1 Å². The van der Waals surface area contributed by atoms with Crippen molar-refractivity contribution in [1.82, 2.24) is 15.5 Å². The Morgan fingerprint density at radius 1 is 1.03 bits per heavy atom. The van der Waals surface area contributed by atoms with Gasteiger partial charge in [0.15, 0.2) is 0 Å². The molecule has 176 valence electrons. The lowest BCUT2D eigenvalue weighted by Gasteiger charge is -2.18. The molecule has 3 N–H and O–H groups in total. The Kier molecular flexibility index (Phi) is 8.39. The van der Waals surface area contributed by atoms with Crippen LogP contribution in [0, 0.1) is 0 Å². The monoisotopic (exact) mass is 455 g/mol. The van der Waals surface area contributed by atoms with Crippen molar-refractivity contribution in [2.45, 2.75) is 12.0 Å². The number of hydrogen-bond donors (Lipinski definition) is 3. The molecule has 0 fully saturated rings. The SMILES string of the molecule is CN(C)C[C@H](NC(=O)COCCNC(=O)OCC1c2ccccc2-c2ccccc21)C(=O)O. The standard InChI is InChI=1S/C24H29N3O6/c1-27(2)13-21(23(29)30)26-22(28)15-32-12-11-25-24(31)33-14-20-18-9-5-3-7-16(18)17-8-4-6-10-19(17)20/h3-10,20-21H,11-15H2,1-2H3,(H,25,31)(H,26,28)(H,29,30)/t21-/m0/s1. The van der Waals surface area contributed by atoms with E-state index in [-0.39, 0.29) is 38.8 Å². The summed E-state index contributed by atoms with van der Waals surface area (Å²) in [5.74, 6) is -1.67. The number of carbonyl (C=O) groups excluding carboxylic acids is 2. The summed E-state index contributed by atoms with van der Waals surface area (Å²) >= 11 is 0. The van der Waals surface area contributed by atoms with Gasteiger partial charge in [0.2, 0.25) is 5.91 Å². The van der Waals surface area contributed by atoms with E-state index in [0.29, 0.717) is 0 Å². The number of benzene rings is 2. The zero-order valence-corrected chi connectivity index (χ0v) is 18.7. The molecule has 1 aliphatic carbocycles. The molecule has 0 saturated carbocycles. The van der Waals surface area contributed by atoms with E-state index in [9.17, 15) is 14.4 Å².